The molecule has 0 aromatic heterocycles. The van der Waals surface area contributed by atoms with Crippen LogP contribution in [0.2, 0.25) is 0 Å². The second-order valence-electron chi connectivity index (χ2n) is 3.82. The highest BCUT2D eigenvalue weighted by atomic mass is 16.6. The van der Waals surface area contributed by atoms with Crippen LogP contribution in [0.1, 0.15) is 44.9 Å². The maximum absolute atomic E-state index is 9.86. The van der Waals surface area contributed by atoms with Crippen LogP contribution in [0.25, 0.3) is 0 Å². The molecule has 2 heterocycles. The average Bonchev–Trinajstić information content (AvgIpc) is 2.09. The van der Waals surface area contributed by atoms with Gasteiger partial charge in [-0.1, -0.05) is 6.42 Å². The van der Waals surface area contributed by atoms with Crippen molar-refractivity contribution in [3.8, 4) is 0 Å². The lowest BCUT2D eigenvalue weighted by molar-refractivity contribution is -0.250. The molecule has 2 saturated heterocycles. The van der Waals surface area contributed by atoms with E-state index in [9.17, 15) is 5.11 Å². The molecule has 2 aliphatic heterocycles. The summed E-state index contributed by atoms with van der Waals surface area (Å²) in [4.78, 5) is 0. The van der Waals surface area contributed by atoms with Gasteiger partial charge in [0, 0.05) is 12.8 Å². The standard InChI is InChI=1S/C9H16O2/c10-9-6-2-1-4-8(11-9)5-3-7-9/h8,10H,1-7H2. The lowest BCUT2D eigenvalue weighted by atomic mass is 10.0. The molecule has 2 aliphatic rings. The molecular weight excluding hydrogens is 140 g/mol. The van der Waals surface area contributed by atoms with Crippen molar-refractivity contribution in [3.63, 3.8) is 0 Å². The van der Waals surface area contributed by atoms with Crippen molar-refractivity contribution < 1.29 is 9.84 Å². The highest BCUT2D eigenvalue weighted by Crippen LogP contribution is 2.35. The van der Waals surface area contributed by atoms with E-state index in [-0.39, 0.29) is 0 Å². The van der Waals surface area contributed by atoms with E-state index in [1.165, 1.54) is 6.42 Å². The smallest absolute Gasteiger partial charge is 0.165 e. The lowest BCUT2D eigenvalue weighted by Gasteiger charge is -2.35. The van der Waals surface area contributed by atoms with Crippen LogP contribution < -0.4 is 0 Å². The van der Waals surface area contributed by atoms with Crippen LogP contribution in [0.15, 0.2) is 0 Å². The molecule has 0 amide bonds. The van der Waals surface area contributed by atoms with Gasteiger partial charge in [-0.15, -0.1) is 0 Å². The number of hydrogen-bond acceptors (Lipinski definition) is 2. The molecule has 64 valence electrons. The first-order chi connectivity index (χ1) is 5.29. The Hall–Kier alpha value is -0.0800. The van der Waals surface area contributed by atoms with Crippen molar-refractivity contribution in [1.82, 2.24) is 0 Å². The third-order valence-corrected chi connectivity index (χ3v) is 2.82. The van der Waals surface area contributed by atoms with Crippen molar-refractivity contribution in [3.05, 3.63) is 0 Å². The van der Waals surface area contributed by atoms with E-state index in [1.54, 1.807) is 0 Å². The van der Waals surface area contributed by atoms with Gasteiger partial charge in [-0.05, 0) is 25.7 Å². The van der Waals surface area contributed by atoms with Gasteiger partial charge in [0.25, 0.3) is 0 Å². The van der Waals surface area contributed by atoms with Crippen molar-refractivity contribution in [2.75, 3.05) is 0 Å². The highest BCUT2D eigenvalue weighted by molar-refractivity contribution is 4.79. The normalized spacial score (nSPS) is 45.0. The van der Waals surface area contributed by atoms with Gasteiger partial charge in [-0.3, -0.25) is 0 Å². The SMILES string of the molecule is OC12CCCCC(CCC1)O2. The van der Waals surface area contributed by atoms with Crippen molar-refractivity contribution in [2.45, 2.75) is 56.8 Å². The number of rotatable bonds is 0. The number of hydrogen-bond donors (Lipinski definition) is 1. The second kappa shape index (κ2) is 2.76. The average molecular weight is 156 g/mol. The van der Waals surface area contributed by atoms with E-state index in [0.717, 1.165) is 38.5 Å². The fraction of sp³-hybridized carbons (Fsp3) is 1.00. The van der Waals surface area contributed by atoms with Crippen LogP contribution in [0, 0.1) is 0 Å². The van der Waals surface area contributed by atoms with Gasteiger partial charge in [-0.25, -0.2) is 0 Å². The Morgan fingerprint density at radius 3 is 2.73 bits per heavy atom. The largest absolute Gasteiger partial charge is 0.365 e. The summed E-state index contributed by atoms with van der Waals surface area (Å²) < 4.78 is 5.59. The highest BCUT2D eigenvalue weighted by Gasteiger charge is 2.36. The zero-order chi connectivity index (χ0) is 7.73. The molecule has 0 aromatic carbocycles. The molecular formula is C9H16O2. The topological polar surface area (TPSA) is 29.5 Å². The quantitative estimate of drug-likeness (QED) is 0.579. The Labute approximate surface area is 67.6 Å². The Morgan fingerprint density at radius 2 is 1.82 bits per heavy atom. The zero-order valence-electron chi connectivity index (χ0n) is 6.88. The Morgan fingerprint density at radius 1 is 1.09 bits per heavy atom. The second-order valence-corrected chi connectivity index (χ2v) is 3.82. The van der Waals surface area contributed by atoms with Crippen LogP contribution in [-0.2, 0) is 4.74 Å². The Bertz CT molecular complexity index is 146. The monoisotopic (exact) mass is 156 g/mol. The van der Waals surface area contributed by atoms with Crippen LogP contribution in [0.3, 0.4) is 0 Å². The summed E-state index contributed by atoms with van der Waals surface area (Å²) in [7, 11) is 0. The summed E-state index contributed by atoms with van der Waals surface area (Å²) in [5, 5.41) is 9.86. The van der Waals surface area contributed by atoms with Crippen molar-refractivity contribution >= 4 is 0 Å². The molecule has 0 aliphatic carbocycles. The summed E-state index contributed by atoms with van der Waals surface area (Å²) in [5.41, 5.74) is 0. The molecule has 2 fully saturated rings. The molecule has 2 nitrogen and oxygen atoms in total. The predicted molar refractivity (Wildman–Crippen MR) is 42.1 cm³/mol. The summed E-state index contributed by atoms with van der Waals surface area (Å²) in [6.07, 6.45) is 7.87. The molecule has 0 spiro atoms. The zero-order valence-corrected chi connectivity index (χ0v) is 6.88. The third kappa shape index (κ3) is 1.57. The van der Waals surface area contributed by atoms with Gasteiger partial charge in [0.15, 0.2) is 5.79 Å². The first-order valence-corrected chi connectivity index (χ1v) is 4.69. The summed E-state index contributed by atoms with van der Waals surface area (Å²) >= 11 is 0. The van der Waals surface area contributed by atoms with E-state index < -0.39 is 5.79 Å². The van der Waals surface area contributed by atoms with Gasteiger partial charge in [0.2, 0.25) is 0 Å². The minimum absolute atomic E-state index is 0.358. The molecule has 0 radical (unpaired) electrons. The van der Waals surface area contributed by atoms with Gasteiger partial charge >= 0.3 is 0 Å². The molecule has 2 atom stereocenters. The van der Waals surface area contributed by atoms with Gasteiger partial charge in [-0.2, -0.15) is 0 Å². The molecule has 2 heteroatoms. The third-order valence-electron chi connectivity index (χ3n) is 2.82. The Balaban J connectivity index is 2.07. The van der Waals surface area contributed by atoms with Gasteiger partial charge in [0.05, 0.1) is 6.10 Å². The van der Waals surface area contributed by atoms with Crippen molar-refractivity contribution in [1.29, 1.82) is 0 Å². The van der Waals surface area contributed by atoms with Gasteiger partial charge < -0.3 is 9.84 Å². The number of fused-ring (bicyclic) bond motifs is 2. The van der Waals surface area contributed by atoms with E-state index >= 15 is 0 Å². The van der Waals surface area contributed by atoms with Gasteiger partial charge in [0.1, 0.15) is 0 Å². The fourth-order valence-corrected chi connectivity index (χ4v) is 2.19. The predicted octanol–water partition coefficient (Wildman–Crippen LogP) is 1.82. The van der Waals surface area contributed by atoms with Crippen molar-refractivity contribution in [2.24, 2.45) is 0 Å². The maximum Gasteiger partial charge on any atom is 0.165 e. The van der Waals surface area contributed by atoms with Crippen LogP contribution in [0.4, 0.5) is 0 Å². The fourth-order valence-electron chi connectivity index (χ4n) is 2.19. The summed E-state index contributed by atoms with van der Waals surface area (Å²) in [5.74, 6) is -0.737. The molecule has 2 rings (SSSR count). The van der Waals surface area contributed by atoms with E-state index in [4.69, 9.17) is 4.74 Å². The molecule has 11 heavy (non-hydrogen) atoms. The molecule has 2 bridgehead atoms. The number of ether oxygens (including phenoxy) is 1. The summed E-state index contributed by atoms with van der Waals surface area (Å²) in [6, 6.07) is 0. The lowest BCUT2D eigenvalue weighted by Crippen LogP contribution is -2.38. The van der Waals surface area contributed by atoms with E-state index in [1.807, 2.05) is 0 Å². The van der Waals surface area contributed by atoms with E-state index in [2.05, 4.69) is 0 Å². The number of aliphatic hydroxyl groups is 1. The van der Waals surface area contributed by atoms with E-state index in [0.29, 0.717) is 6.10 Å². The maximum atomic E-state index is 9.86. The first-order valence-electron chi connectivity index (χ1n) is 4.69. The van der Waals surface area contributed by atoms with Crippen LogP contribution >= 0.6 is 0 Å². The molecule has 0 aromatic rings. The van der Waals surface area contributed by atoms with Crippen LogP contribution in [0.5, 0.6) is 0 Å². The minimum Gasteiger partial charge on any atom is -0.365 e. The molecule has 1 N–H and O–H groups in total. The minimum atomic E-state index is -0.737. The molecule has 2 unspecified atom stereocenters. The molecule has 0 saturated carbocycles. The van der Waals surface area contributed by atoms with Crippen LogP contribution in [-0.4, -0.2) is 17.0 Å². The Kier molecular flexibility index (Phi) is 1.90. The summed E-state index contributed by atoms with van der Waals surface area (Å²) in [6.45, 7) is 0. The first kappa shape index (κ1) is 7.56.